The van der Waals surface area contributed by atoms with Crippen LogP contribution in [-0.4, -0.2) is 30.5 Å². The lowest BCUT2D eigenvalue weighted by atomic mass is 10.1. The fraction of sp³-hybridized carbons (Fsp3) is 0.588. The van der Waals surface area contributed by atoms with Gasteiger partial charge in [0.25, 0.3) is 0 Å². The van der Waals surface area contributed by atoms with E-state index in [9.17, 15) is 4.79 Å². The van der Waals surface area contributed by atoms with Gasteiger partial charge in [-0.05, 0) is 43.4 Å². The van der Waals surface area contributed by atoms with Gasteiger partial charge in [-0.2, -0.15) is 0 Å². The van der Waals surface area contributed by atoms with Crippen LogP contribution < -0.4 is 10.1 Å². The topological polar surface area (TPSA) is 41.6 Å². The van der Waals surface area contributed by atoms with Gasteiger partial charge in [-0.3, -0.25) is 10.1 Å². The summed E-state index contributed by atoms with van der Waals surface area (Å²) < 4.78 is 5.28. The molecular weight excluding hydrogens is 264 g/mol. The lowest BCUT2D eigenvalue weighted by Gasteiger charge is -2.25. The maximum absolute atomic E-state index is 12.4. The number of methoxy groups -OCH3 is 1. The van der Waals surface area contributed by atoms with Crippen LogP contribution in [0.15, 0.2) is 24.3 Å². The minimum Gasteiger partial charge on any atom is -0.497 e. The molecule has 1 aromatic carbocycles. The van der Waals surface area contributed by atoms with E-state index in [1.165, 1.54) is 0 Å². The lowest BCUT2D eigenvalue weighted by molar-refractivity contribution is -0.129. The van der Waals surface area contributed by atoms with E-state index in [2.05, 4.69) is 19.2 Å². The SMILES string of the molecule is COc1cccc(C2NC(C)C(=O)N2CCCC(C)C)c1. The van der Waals surface area contributed by atoms with Gasteiger partial charge < -0.3 is 9.64 Å². The van der Waals surface area contributed by atoms with Gasteiger partial charge in [0.2, 0.25) is 5.91 Å². The first kappa shape index (κ1) is 15.8. The molecule has 0 saturated carbocycles. The Morgan fingerprint density at radius 3 is 2.81 bits per heavy atom. The Morgan fingerprint density at radius 2 is 2.14 bits per heavy atom. The minimum absolute atomic E-state index is 0.0465. The van der Waals surface area contributed by atoms with Gasteiger partial charge in [-0.25, -0.2) is 0 Å². The first-order chi connectivity index (χ1) is 10.0. The second-order valence-electron chi connectivity index (χ2n) is 6.14. The molecule has 0 bridgehead atoms. The smallest absolute Gasteiger partial charge is 0.241 e. The summed E-state index contributed by atoms with van der Waals surface area (Å²) in [7, 11) is 1.66. The zero-order valence-corrected chi connectivity index (χ0v) is 13.4. The highest BCUT2D eigenvalue weighted by molar-refractivity contribution is 5.84. The van der Waals surface area contributed by atoms with Gasteiger partial charge in [0, 0.05) is 6.54 Å². The number of rotatable bonds is 6. The molecule has 1 aliphatic heterocycles. The second kappa shape index (κ2) is 6.94. The number of carbonyl (C=O) groups is 1. The van der Waals surface area contributed by atoms with Crippen molar-refractivity contribution >= 4 is 5.91 Å². The quantitative estimate of drug-likeness (QED) is 0.876. The molecule has 1 heterocycles. The molecule has 0 radical (unpaired) electrons. The van der Waals surface area contributed by atoms with Crippen LogP contribution in [0.3, 0.4) is 0 Å². The second-order valence-corrected chi connectivity index (χ2v) is 6.14. The molecule has 1 aliphatic rings. The van der Waals surface area contributed by atoms with Gasteiger partial charge in [0.1, 0.15) is 11.9 Å². The van der Waals surface area contributed by atoms with E-state index < -0.39 is 0 Å². The summed E-state index contributed by atoms with van der Waals surface area (Å²) in [4.78, 5) is 14.3. The predicted octanol–water partition coefficient (Wildman–Crippen LogP) is 2.95. The van der Waals surface area contributed by atoms with Crippen LogP contribution in [0.4, 0.5) is 0 Å². The highest BCUT2D eigenvalue weighted by Crippen LogP contribution is 2.28. The molecule has 1 saturated heterocycles. The predicted molar refractivity (Wildman–Crippen MR) is 84.1 cm³/mol. The molecule has 0 spiro atoms. The van der Waals surface area contributed by atoms with Crippen molar-refractivity contribution in [3.63, 3.8) is 0 Å². The average molecular weight is 290 g/mol. The van der Waals surface area contributed by atoms with Gasteiger partial charge in [0.05, 0.1) is 13.2 Å². The molecule has 4 nitrogen and oxygen atoms in total. The Morgan fingerprint density at radius 1 is 1.38 bits per heavy atom. The van der Waals surface area contributed by atoms with E-state index in [1.54, 1.807) is 7.11 Å². The Bertz CT molecular complexity index is 487. The van der Waals surface area contributed by atoms with Crippen LogP contribution in [0.1, 0.15) is 45.3 Å². The fourth-order valence-electron chi connectivity index (χ4n) is 2.77. The van der Waals surface area contributed by atoms with Crippen molar-refractivity contribution in [2.45, 2.75) is 45.8 Å². The first-order valence-electron chi connectivity index (χ1n) is 7.73. The Balaban J connectivity index is 2.13. The number of hydrogen-bond donors (Lipinski definition) is 1. The van der Waals surface area contributed by atoms with Crippen LogP contribution >= 0.6 is 0 Å². The van der Waals surface area contributed by atoms with Crippen molar-refractivity contribution in [3.8, 4) is 5.75 Å². The van der Waals surface area contributed by atoms with Crippen molar-refractivity contribution in [2.75, 3.05) is 13.7 Å². The Kier molecular flexibility index (Phi) is 5.23. The van der Waals surface area contributed by atoms with Crippen molar-refractivity contribution in [3.05, 3.63) is 29.8 Å². The number of amides is 1. The summed E-state index contributed by atoms with van der Waals surface area (Å²) >= 11 is 0. The van der Waals surface area contributed by atoms with Crippen molar-refractivity contribution in [1.29, 1.82) is 0 Å². The third kappa shape index (κ3) is 3.76. The lowest BCUT2D eigenvalue weighted by Crippen LogP contribution is -2.31. The first-order valence-corrected chi connectivity index (χ1v) is 7.73. The molecule has 0 aromatic heterocycles. The summed E-state index contributed by atoms with van der Waals surface area (Å²) in [5, 5.41) is 3.38. The average Bonchev–Trinajstić information content (AvgIpc) is 2.75. The summed E-state index contributed by atoms with van der Waals surface area (Å²) in [5.41, 5.74) is 1.08. The van der Waals surface area contributed by atoms with E-state index in [0.717, 1.165) is 30.7 Å². The highest BCUT2D eigenvalue weighted by atomic mass is 16.5. The summed E-state index contributed by atoms with van der Waals surface area (Å²) in [6.45, 7) is 7.16. The molecule has 21 heavy (non-hydrogen) atoms. The van der Waals surface area contributed by atoms with Crippen LogP contribution in [0, 0.1) is 5.92 Å². The molecule has 1 N–H and O–H groups in total. The maximum Gasteiger partial charge on any atom is 0.241 e. The molecule has 4 heteroatoms. The molecule has 2 unspecified atom stereocenters. The summed E-state index contributed by atoms with van der Waals surface area (Å²) in [5.74, 6) is 1.68. The number of hydrogen-bond acceptors (Lipinski definition) is 3. The van der Waals surface area contributed by atoms with E-state index in [1.807, 2.05) is 36.1 Å². The molecule has 1 amide bonds. The number of nitrogens with one attached hydrogen (secondary N) is 1. The summed E-state index contributed by atoms with van der Waals surface area (Å²) in [6.07, 6.45) is 2.14. The van der Waals surface area contributed by atoms with Crippen molar-refractivity contribution in [1.82, 2.24) is 10.2 Å². The van der Waals surface area contributed by atoms with Crippen LogP contribution in [0.5, 0.6) is 5.75 Å². The number of carbonyl (C=O) groups excluding carboxylic acids is 1. The third-order valence-corrected chi connectivity index (χ3v) is 3.96. The van der Waals surface area contributed by atoms with Gasteiger partial charge in [0.15, 0.2) is 0 Å². The molecule has 1 fully saturated rings. The molecule has 2 rings (SSSR count). The zero-order valence-electron chi connectivity index (χ0n) is 13.4. The molecular formula is C17H26N2O2. The van der Waals surface area contributed by atoms with E-state index in [4.69, 9.17) is 4.74 Å². The van der Waals surface area contributed by atoms with Gasteiger partial charge in [-0.1, -0.05) is 26.0 Å². The molecule has 2 atom stereocenters. The molecule has 116 valence electrons. The summed E-state index contributed by atoms with van der Waals surface area (Å²) in [6, 6.07) is 7.81. The monoisotopic (exact) mass is 290 g/mol. The zero-order chi connectivity index (χ0) is 15.4. The van der Waals surface area contributed by atoms with E-state index in [0.29, 0.717) is 5.92 Å². The molecule has 0 aliphatic carbocycles. The number of benzene rings is 1. The fourth-order valence-corrected chi connectivity index (χ4v) is 2.77. The van der Waals surface area contributed by atoms with Gasteiger partial charge >= 0.3 is 0 Å². The van der Waals surface area contributed by atoms with Crippen LogP contribution in [0.2, 0.25) is 0 Å². The minimum atomic E-state index is -0.125. The standard InChI is InChI=1S/C17H26N2O2/c1-12(2)7-6-10-19-16(18-13(3)17(19)20)14-8-5-9-15(11-14)21-4/h5,8-9,11-13,16,18H,6-7,10H2,1-4H3. The van der Waals surface area contributed by atoms with Crippen LogP contribution in [-0.2, 0) is 4.79 Å². The third-order valence-electron chi connectivity index (χ3n) is 3.96. The van der Waals surface area contributed by atoms with Gasteiger partial charge in [-0.15, -0.1) is 0 Å². The van der Waals surface area contributed by atoms with Crippen molar-refractivity contribution in [2.24, 2.45) is 5.92 Å². The Labute approximate surface area is 127 Å². The molecule has 1 aromatic rings. The Hall–Kier alpha value is -1.55. The maximum atomic E-state index is 12.4. The number of ether oxygens (including phenoxy) is 1. The largest absolute Gasteiger partial charge is 0.497 e. The highest BCUT2D eigenvalue weighted by Gasteiger charge is 2.36. The van der Waals surface area contributed by atoms with E-state index >= 15 is 0 Å². The number of nitrogens with zero attached hydrogens (tertiary/aromatic N) is 1. The van der Waals surface area contributed by atoms with E-state index in [-0.39, 0.29) is 18.1 Å². The normalized spacial score (nSPS) is 22.1. The van der Waals surface area contributed by atoms with Crippen LogP contribution in [0.25, 0.3) is 0 Å². The van der Waals surface area contributed by atoms with Crippen molar-refractivity contribution < 1.29 is 9.53 Å².